The number of anilines is 1. The molecule has 0 radical (unpaired) electrons. The predicted octanol–water partition coefficient (Wildman–Crippen LogP) is 4.11. The monoisotopic (exact) mass is 675 g/mol. The van der Waals surface area contributed by atoms with Gasteiger partial charge in [-0.15, -0.1) is 0 Å². The second-order valence-electron chi connectivity index (χ2n) is 12.1. The van der Waals surface area contributed by atoms with E-state index in [1.807, 2.05) is 42.5 Å². The van der Waals surface area contributed by atoms with Gasteiger partial charge in [0, 0.05) is 39.8 Å². The molecule has 1 aliphatic carbocycles. The molecule has 0 aromatic heterocycles. The summed E-state index contributed by atoms with van der Waals surface area (Å²) < 4.78 is 41.5. The summed E-state index contributed by atoms with van der Waals surface area (Å²) in [6.45, 7) is 4.20. The second-order valence-corrected chi connectivity index (χ2v) is 12.1. The van der Waals surface area contributed by atoms with Gasteiger partial charge in [0.15, 0.2) is 0 Å². The fourth-order valence-corrected chi connectivity index (χ4v) is 6.24. The van der Waals surface area contributed by atoms with Gasteiger partial charge in [0.05, 0.1) is 49.7 Å². The van der Waals surface area contributed by atoms with Crippen molar-refractivity contribution in [2.75, 3.05) is 64.6 Å². The lowest BCUT2D eigenvalue weighted by Crippen LogP contribution is -2.58. The molecule has 1 saturated carbocycles. The highest BCUT2D eigenvalue weighted by Crippen LogP contribution is 2.34. The summed E-state index contributed by atoms with van der Waals surface area (Å²) in [6.07, 6.45) is 2.13. The van der Waals surface area contributed by atoms with Crippen molar-refractivity contribution >= 4 is 11.8 Å². The van der Waals surface area contributed by atoms with Gasteiger partial charge in [-0.2, -0.15) is 0 Å². The van der Waals surface area contributed by atoms with Crippen LogP contribution in [-0.4, -0.2) is 112 Å². The van der Waals surface area contributed by atoms with Crippen LogP contribution in [0.5, 0.6) is 11.5 Å². The number of ether oxygens (including phenoxy) is 7. The number of piperidine rings is 1. The maximum Gasteiger partial charge on any atom is 0.508 e. The summed E-state index contributed by atoms with van der Waals surface area (Å²) >= 11 is 0. The number of nitrogens with one attached hydrogen (secondary N) is 1. The van der Waals surface area contributed by atoms with Crippen LogP contribution in [0.1, 0.15) is 44.1 Å². The fraction of sp³-hybridized carbons (Fsp3) is 0.618. The standard InChI is InChI=1S/C34H49N3O11/c1-41-17-5-15-36-16-20-42-30-14-9-25(21-29(30)36)24-44-31-22-35-23-32(48-34(38)43-18-6-19-45-37(39)40)33(31)47-28-12-10-27(11-13-28)46-26-7-3-2-4-8-26/h2-4,7-9,14,21,27-28,31-33,35,39-40H,5-6,10-13,15-20,22-24H2,1H3. The lowest BCUT2D eigenvalue weighted by molar-refractivity contribution is -0.492. The molecule has 0 bridgehead atoms. The number of carbonyl (C=O) groups is 1. The number of rotatable bonds is 17. The maximum absolute atomic E-state index is 12.7. The van der Waals surface area contributed by atoms with E-state index in [1.54, 1.807) is 7.11 Å². The minimum atomic E-state index is -0.843. The molecule has 3 aliphatic rings. The Morgan fingerprint density at radius 3 is 2.56 bits per heavy atom. The van der Waals surface area contributed by atoms with E-state index in [1.165, 1.54) is 0 Å². The van der Waals surface area contributed by atoms with Gasteiger partial charge in [-0.25, -0.2) is 4.79 Å². The number of carbonyl (C=O) groups excluding carboxylic acids is 1. The van der Waals surface area contributed by atoms with Crippen molar-refractivity contribution < 1.29 is 53.2 Å². The minimum Gasteiger partial charge on any atom is -0.490 e. The van der Waals surface area contributed by atoms with Crippen molar-refractivity contribution in [3.05, 3.63) is 54.1 Å². The highest BCUT2D eigenvalue weighted by Gasteiger charge is 2.40. The first-order chi connectivity index (χ1) is 23.5. The van der Waals surface area contributed by atoms with Crippen molar-refractivity contribution in [2.45, 2.75) is 75.7 Å². The van der Waals surface area contributed by atoms with Crippen molar-refractivity contribution in [3.8, 4) is 11.5 Å². The number of nitrogens with zero attached hydrogens (tertiary/aromatic N) is 2. The largest absolute Gasteiger partial charge is 0.508 e. The highest BCUT2D eigenvalue weighted by atomic mass is 17.1. The Kier molecular flexibility index (Phi) is 14.4. The molecule has 5 rings (SSSR count). The predicted molar refractivity (Wildman–Crippen MR) is 172 cm³/mol. The summed E-state index contributed by atoms with van der Waals surface area (Å²) in [6, 6.07) is 16.0. The number of fused-ring (bicyclic) bond motifs is 1. The van der Waals surface area contributed by atoms with Crippen LogP contribution in [0.15, 0.2) is 48.5 Å². The smallest absolute Gasteiger partial charge is 0.490 e. The number of hydrogen-bond acceptors (Lipinski definition) is 14. The molecule has 1 saturated heterocycles. The molecular weight excluding hydrogens is 626 g/mol. The lowest BCUT2D eigenvalue weighted by Gasteiger charge is -2.40. The topological polar surface area (TPSA) is 150 Å². The first-order valence-corrected chi connectivity index (χ1v) is 16.8. The first-order valence-electron chi connectivity index (χ1n) is 16.8. The SMILES string of the molecule is COCCCN1CCOc2ccc(COC3CNCC(OC(=O)OCCCON(O)O)C3OC3CCC(Oc4ccccc4)CC3)cc21. The van der Waals surface area contributed by atoms with E-state index < -0.39 is 24.5 Å². The third kappa shape index (κ3) is 11.2. The number of para-hydroxylation sites is 1. The summed E-state index contributed by atoms with van der Waals surface area (Å²) in [7, 11) is 1.71. The third-order valence-electron chi connectivity index (χ3n) is 8.63. The molecule has 2 aliphatic heterocycles. The van der Waals surface area contributed by atoms with Gasteiger partial charge in [0.1, 0.15) is 36.4 Å². The summed E-state index contributed by atoms with van der Waals surface area (Å²) in [5, 5.41) is 20.2. The van der Waals surface area contributed by atoms with Crippen LogP contribution >= 0.6 is 0 Å². The molecule has 0 spiro atoms. The van der Waals surface area contributed by atoms with E-state index in [2.05, 4.69) is 21.1 Å². The fourth-order valence-electron chi connectivity index (χ4n) is 6.24. The van der Waals surface area contributed by atoms with Crippen LogP contribution in [0, 0.1) is 0 Å². The summed E-state index contributed by atoms with van der Waals surface area (Å²) in [4.78, 5) is 19.5. The molecule has 0 amide bonds. The van der Waals surface area contributed by atoms with Gasteiger partial charge >= 0.3 is 6.16 Å². The molecule has 2 heterocycles. The van der Waals surface area contributed by atoms with Crippen LogP contribution in [0.2, 0.25) is 0 Å². The molecular formula is C34H49N3O11. The first kappa shape index (κ1) is 36.1. The second kappa shape index (κ2) is 19.1. The molecule has 3 N–H and O–H groups in total. The van der Waals surface area contributed by atoms with Gasteiger partial charge in [0.25, 0.3) is 0 Å². The number of benzene rings is 2. The Morgan fingerprint density at radius 2 is 1.77 bits per heavy atom. The van der Waals surface area contributed by atoms with E-state index in [0.29, 0.717) is 32.9 Å². The van der Waals surface area contributed by atoms with Crippen molar-refractivity contribution in [2.24, 2.45) is 0 Å². The summed E-state index contributed by atoms with van der Waals surface area (Å²) in [5.74, 6) is 1.72. The molecule has 48 heavy (non-hydrogen) atoms. The number of methoxy groups -OCH3 is 1. The molecule has 2 fully saturated rings. The van der Waals surface area contributed by atoms with Gasteiger partial charge < -0.3 is 43.4 Å². The van der Waals surface area contributed by atoms with Crippen LogP contribution in [0.3, 0.4) is 0 Å². The van der Waals surface area contributed by atoms with Gasteiger partial charge in [-0.1, -0.05) is 24.3 Å². The van der Waals surface area contributed by atoms with E-state index in [-0.39, 0.29) is 37.2 Å². The van der Waals surface area contributed by atoms with E-state index in [9.17, 15) is 4.79 Å². The minimum absolute atomic E-state index is 0.0196. The molecule has 2 aromatic rings. The van der Waals surface area contributed by atoms with E-state index in [0.717, 1.165) is 67.9 Å². The number of hydrogen-bond donors (Lipinski definition) is 3. The van der Waals surface area contributed by atoms with Crippen LogP contribution < -0.4 is 19.7 Å². The van der Waals surface area contributed by atoms with Gasteiger partial charge in [-0.05, 0) is 61.9 Å². The van der Waals surface area contributed by atoms with E-state index >= 15 is 0 Å². The van der Waals surface area contributed by atoms with Gasteiger partial charge in [0.2, 0.25) is 0 Å². The van der Waals surface area contributed by atoms with Gasteiger partial charge in [-0.3, -0.25) is 15.3 Å². The van der Waals surface area contributed by atoms with Crippen LogP contribution in [-0.2, 0) is 35.1 Å². The zero-order valence-corrected chi connectivity index (χ0v) is 27.6. The Bertz CT molecular complexity index is 1230. The van der Waals surface area contributed by atoms with Crippen molar-refractivity contribution in [1.29, 1.82) is 0 Å². The third-order valence-corrected chi connectivity index (χ3v) is 8.63. The quantitative estimate of drug-likeness (QED) is 0.125. The van der Waals surface area contributed by atoms with E-state index in [4.69, 9.17) is 43.6 Å². The average Bonchev–Trinajstić information content (AvgIpc) is 3.09. The van der Waals surface area contributed by atoms with Crippen molar-refractivity contribution in [1.82, 2.24) is 10.7 Å². The Hall–Kier alpha value is -3.21. The zero-order chi connectivity index (χ0) is 33.6. The zero-order valence-electron chi connectivity index (χ0n) is 27.6. The Labute approximate surface area is 281 Å². The normalized spacial score (nSPS) is 24.1. The lowest BCUT2D eigenvalue weighted by atomic mass is 9.94. The molecule has 266 valence electrons. The Balaban J connectivity index is 1.20. The molecule has 3 unspecified atom stereocenters. The molecule has 14 nitrogen and oxygen atoms in total. The molecule has 14 heteroatoms. The van der Waals surface area contributed by atoms with Crippen molar-refractivity contribution in [3.63, 3.8) is 0 Å². The van der Waals surface area contributed by atoms with Crippen LogP contribution in [0.25, 0.3) is 0 Å². The molecule has 2 aromatic carbocycles. The molecule has 3 atom stereocenters. The summed E-state index contributed by atoms with van der Waals surface area (Å²) in [5.41, 5.74) is 2.05. The average molecular weight is 676 g/mol. The Morgan fingerprint density at radius 1 is 0.979 bits per heavy atom. The maximum atomic E-state index is 12.7. The van der Waals surface area contributed by atoms with Crippen LogP contribution in [0.4, 0.5) is 10.5 Å². The highest BCUT2D eigenvalue weighted by molar-refractivity contribution is 5.61.